The van der Waals surface area contributed by atoms with Crippen molar-refractivity contribution < 1.29 is 14.7 Å². The molecule has 7 heteroatoms. The van der Waals surface area contributed by atoms with Gasteiger partial charge in [-0.2, -0.15) is 5.10 Å². The molecule has 1 amide bonds. The highest BCUT2D eigenvalue weighted by Gasteiger charge is 2.41. The summed E-state index contributed by atoms with van der Waals surface area (Å²) in [6.45, 7) is 9.72. The summed E-state index contributed by atoms with van der Waals surface area (Å²) in [5.74, 6) is -1.56. The van der Waals surface area contributed by atoms with Gasteiger partial charge in [-0.15, -0.1) is 0 Å². The van der Waals surface area contributed by atoms with Gasteiger partial charge in [0, 0.05) is 23.6 Å². The van der Waals surface area contributed by atoms with Gasteiger partial charge in [-0.3, -0.25) is 14.4 Å². The number of carbonyl (C=O) groups excluding carboxylic acids is 1. The first-order chi connectivity index (χ1) is 18.7. The molecular weight excluding hydrogens is 490 g/mol. The third-order valence-electron chi connectivity index (χ3n) is 7.05. The quantitative estimate of drug-likeness (QED) is 0.426. The van der Waals surface area contributed by atoms with Gasteiger partial charge in [-0.1, -0.05) is 93.3 Å². The van der Waals surface area contributed by atoms with Crippen LogP contribution in [0.3, 0.4) is 0 Å². The van der Waals surface area contributed by atoms with Gasteiger partial charge in [0.15, 0.2) is 0 Å². The second-order valence-electron chi connectivity index (χ2n) is 9.82. The topological polar surface area (TPSA) is 103 Å². The predicted octanol–water partition coefficient (Wildman–Crippen LogP) is 5.82. The molecule has 3 unspecified atom stereocenters. The van der Waals surface area contributed by atoms with Gasteiger partial charge in [0.2, 0.25) is 5.91 Å². The molecule has 4 rings (SSSR count). The van der Waals surface area contributed by atoms with Crippen molar-refractivity contribution >= 4 is 29.2 Å². The molecule has 7 nitrogen and oxygen atoms in total. The Labute approximate surface area is 228 Å². The van der Waals surface area contributed by atoms with Crippen LogP contribution in [0.5, 0.6) is 0 Å². The van der Waals surface area contributed by atoms with Gasteiger partial charge in [0.1, 0.15) is 0 Å². The van der Waals surface area contributed by atoms with Crippen molar-refractivity contribution in [2.24, 2.45) is 16.9 Å². The van der Waals surface area contributed by atoms with Gasteiger partial charge in [-0.25, -0.2) is 5.01 Å². The zero-order valence-corrected chi connectivity index (χ0v) is 22.4. The molecule has 0 spiro atoms. The van der Waals surface area contributed by atoms with Crippen LogP contribution in [0.4, 0.5) is 0 Å². The number of pyridine rings is 1. The highest BCUT2D eigenvalue weighted by atomic mass is 16.4. The fraction of sp³-hybridized carbons (Fsp3) is 0.250. The molecule has 3 atom stereocenters. The van der Waals surface area contributed by atoms with Gasteiger partial charge in [-0.05, 0) is 35.6 Å². The molecule has 0 bridgehead atoms. The monoisotopic (exact) mass is 523 g/mol. The lowest BCUT2D eigenvalue weighted by Crippen LogP contribution is -2.31. The minimum absolute atomic E-state index is 0.188. The summed E-state index contributed by atoms with van der Waals surface area (Å²) in [4.78, 5) is 41.3. The fourth-order valence-corrected chi connectivity index (χ4v) is 5.05. The Morgan fingerprint density at radius 1 is 1.13 bits per heavy atom. The summed E-state index contributed by atoms with van der Waals surface area (Å²) in [5, 5.41) is 15.3. The normalized spacial score (nSPS) is 20.6. The lowest BCUT2D eigenvalue weighted by Gasteiger charge is -2.25. The number of H-pyrrole nitrogens is 1. The van der Waals surface area contributed by atoms with Crippen molar-refractivity contribution in [2.45, 2.75) is 39.7 Å². The van der Waals surface area contributed by atoms with Crippen LogP contribution < -0.4 is 5.56 Å². The van der Waals surface area contributed by atoms with Crippen molar-refractivity contribution in [3.63, 3.8) is 0 Å². The molecule has 39 heavy (non-hydrogen) atoms. The summed E-state index contributed by atoms with van der Waals surface area (Å²) >= 11 is 0. The fourth-order valence-electron chi connectivity index (χ4n) is 5.05. The summed E-state index contributed by atoms with van der Waals surface area (Å²) in [6.07, 6.45) is 14.9. The SMILES string of the molecule is C=C/C=C\c1[nH]c(=O)c(C2=NN(C(=O)CCC(=O)O)C(c3ccccc3)C2C)c(C2=CC=CC(C)C=C2)c1C. The number of amides is 1. The number of benzene rings is 1. The minimum Gasteiger partial charge on any atom is -0.481 e. The number of carbonyl (C=O) groups is 2. The zero-order valence-electron chi connectivity index (χ0n) is 22.4. The van der Waals surface area contributed by atoms with Crippen molar-refractivity contribution in [3.05, 3.63) is 118 Å². The maximum absolute atomic E-state index is 13.8. The Balaban J connectivity index is 1.94. The summed E-state index contributed by atoms with van der Waals surface area (Å²) in [5.41, 5.74) is 4.58. The standard InChI is InChI=1S/C32H33N3O4/c1-5-6-15-25-21(3)28(23-14-10-11-20(2)16-17-23)29(32(39)33-25)30-22(4)31(24-12-8-7-9-13-24)35(34-30)26(36)18-19-27(37)38/h5-17,20,22,31H,1,18-19H2,2-4H3,(H,33,39)(H,37,38)/b15-6-. The number of carboxylic acids is 1. The molecular formula is C32H33N3O4. The minimum atomic E-state index is -1.05. The Bertz CT molecular complexity index is 1490. The van der Waals surface area contributed by atoms with Crippen LogP contribution in [0, 0.1) is 18.8 Å². The number of nitrogens with zero attached hydrogens (tertiary/aromatic N) is 2. The van der Waals surface area contributed by atoms with E-state index in [1.165, 1.54) is 5.01 Å². The molecule has 1 aliphatic carbocycles. The molecule has 2 aromatic rings. The van der Waals surface area contributed by atoms with Crippen LogP contribution in [0.25, 0.3) is 11.6 Å². The number of aromatic amines is 1. The van der Waals surface area contributed by atoms with Crippen LogP contribution >= 0.6 is 0 Å². The van der Waals surface area contributed by atoms with Crippen LogP contribution in [-0.2, 0) is 9.59 Å². The molecule has 0 saturated heterocycles. The van der Waals surface area contributed by atoms with E-state index in [9.17, 15) is 14.4 Å². The van der Waals surface area contributed by atoms with Crippen molar-refractivity contribution in [1.29, 1.82) is 0 Å². The van der Waals surface area contributed by atoms with Crippen molar-refractivity contribution in [3.8, 4) is 0 Å². The highest BCUT2D eigenvalue weighted by molar-refractivity contribution is 6.09. The molecule has 0 fully saturated rings. The zero-order chi connectivity index (χ0) is 28.1. The highest BCUT2D eigenvalue weighted by Crippen LogP contribution is 2.39. The Morgan fingerprint density at radius 2 is 1.87 bits per heavy atom. The Kier molecular flexibility index (Phi) is 8.39. The molecule has 2 heterocycles. The van der Waals surface area contributed by atoms with Crippen LogP contribution in [0.15, 0.2) is 89.3 Å². The number of carboxylic acid groups (broad SMARTS) is 1. The summed E-state index contributed by atoms with van der Waals surface area (Å²) < 4.78 is 0. The number of hydrazone groups is 1. The van der Waals surface area contributed by atoms with E-state index in [1.807, 2.05) is 68.5 Å². The molecule has 1 aliphatic heterocycles. The van der Waals surface area contributed by atoms with E-state index in [0.717, 1.165) is 22.3 Å². The molecule has 0 saturated carbocycles. The third-order valence-corrected chi connectivity index (χ3v) is 7.05. The van der Waals surface area contributed by atoms with E-state index in [4.69, 9.17) is 10.2 Å². The summed E-state index contributed by atoms with van der Waals surface area (Å²) in [7, 11) is 0. The number of hydrogen-bond acceptors (Lipinski definition) is 4. The van der Waals surface area contributed by atoms with Gasteiger partial charge >= 0.3 is 5.97 Å². The van der Waals surface area contributed by atoms with Crippen molar-refractivity contribution in [2.75, 3.05) is 0 Å². The Hall–Kier alpha value is -4.52. The second-order valence-corrected chi connectivity index (χ2v) is 9.82. The van der Waals surface area contributed by atoms with E-state index in [0.29, 0.717) is 17.0 Å². The number of aromatic nitrogens is 1. The van der Waals surface area contributed by atoms with Crippen LogP contribution in [-0.4, -0.2) is 32.7 Å². The van der Waals surface area contributed by atoms with E-state index >= 15 is 0 Å². The van der Waals surface area contributed by atoms with Gasteiger partial charge in [0.25, 0.3) is 5.56 Å². The van der Waals surface area contributed by atoms with Gasteiger partial charge < -0.3 is 10.1 Å². The number of nitrogens with one attached hydrogen (secondary N) is 1. The van der Waals surface area contributed by atoms with Crippen LogP contribution in [0.2, 0.25) is 0 Å². The second kappa shape index (κ2) is 11.9. The maximum Gasteiger partial charge on any atom is 0.303 e. The first-order valence-corrected chi connectivity index (χ1v) is 13.0. The molecule has 200 valence electrons. The predicted molar refractivity (Wildman–Crippen MR) is 155 cm³/mol. The maximum atomic E-state index is 13.8. The first kappa shape index (κ1) is 27.5. The molecule has 2 N–H and O–H groups in total. The largest absolute Gasteiger partial charge is 0.481 e. The van der Waals surface area contributed by atoms with E-state index in [-0.39, 0.29) is 30.2 Å². The molecule has 1 aromatic carbocycles. The number of hydrogen-bond donors (Lipinski definition) is 2. The lowest BCUT2D eigenvalue weighted by molar-refractivity contribution is -0.141. The van der Waals surface area contributed by atoms with E-state index in [1.54, 1.807) is 12.2 Å². The lowest BCUT2D eigenvalue weighted by atomic mass is 9.84. The van der Waals surface area contributed by atoms with Gasteiger partial charge in [0.05, 0.1) is 23.7 Å². The Morgan fingerprint density at radius 3 is 2.56 bits per heavy atom. The number of aliphatic carboxylic acids is 1. The number of rotatable bonds is 8. The molecule has 0 radical (unpaired) electrons. The summed E-state index contributed by atoms with van der Waals surface area (Å²) in [6, 6.07) is 9.02. The smallest absolute Gasteiger partial charge is 0.303 e. The average molecular weight is 524 g/mol. The van der Waals surface area contributed by atoms with E-state index in [2.05, 4.69) is 30.6 Å². The van der Waals surface area contributed by atoms with E-state index < -0.39 is 17.9 Å². The third kappa shape index (κ3) is 5.82. The molecule has 2 aliphatic rings. The first-order valence-electron chi connectivity index (χ1n) is 13.0. The molecule has 1 aromatic heterocycles. The van der Waals surface area contributed by atoms with Crippen molar-refractivity contribution in [1.82, 2.24) is 9.99 Å². The average Bonchev–Trinajstić information content (AvgIpc) is 3.10. The van der Waals surface area contributed by atoms with Crippen LogP contribution in [0.1, 0.15) is 60.7 Å². The number of allylic oxidation sites excluding steroid dienone is 8.